The highest BCUT2D eigenvalue weighted by molar-refractivity contribution is 5.53. The van der Waals surface area contributed by atoms with Crippen molar-refractivity contribution in [2.75, 3.05) is 19.0 Å². The van der Waals surface area contributed by atoms with Crippen molar-refractivity contribution >= 4 is 5.69 Å². The van der Waals surface area contributed by atoms with Crippen molar-refractivity contribution in [3.8, 4) is 6.07 Å². The van der Waals surface area contributed by atoms with E-state index in [-0.39, 0.29) is 11.6 Å². The number of benzene rings is 1. The first-order chi connectivity index (χ1) is 9.42. The molecule has 1 aromatic carbocycles. The molecule has 0 aliphatic rings. The van der Waals surface area contributed by atoms with Crippen molar-refractivity contribution in [1.29, 1.82) is 5.26 Å². The largest absolute Gasteiger partial charge is 0.417 e. The summed E-state index contributed by atoms with van der Waals surface area (Å²) in [6, 6.07) is 5.13. The Kier molecular flexibility index (Phi) is 5.83. The lowest BCUT2D eigenvalue weighted by atomic mass is 10.1. The van der Waals surface area contributed by atoms with Crippen LogP contribution in [0.1, 0.15) is 30.9 Å². The van der Waals surface area contributed by atoms with Crippen LogP contribution in [0.4, 0.5) is 18.9 Å². The normalized spacial score (nSPS) is 12.8. The van der Waals surface area contributed by atoms with Gasteiger partial charge in [-0.3, -0.25) is 0 Å². The van der Waals surface area contributed by atoms with Crippen LogP contribution in [0.3, 0.4) is 0 Å². The molecule has 110 valence electrons. The number of nitrogens with one attached hydrogen (secondary N) is 1. The first kappa shape index (κ1) is 16.3. The van der Waals surface area contributed by atoms with Crippen LogP contribution in [0.15, 0.2) is 18.2 Å². The van der Waals surface area contributed by atoms with Crippen molar-refractivity contribution in [3.05, 3.63) is 29.3 Å². The van der Waals surface area contributed by atoms with Crippen LogP contribution in [0.5, 0.6) is 0 Å². The predicted octanol–water partition coefficient (Wildman–Crippen LogP) is 3.80. The van der Waals surface area contributed by atoms with Crippen LogP contribution in [-0.4, -0.2) is 19.8 Å². The molecule has 20 heavy (non-hydrogen) atoms. The molecule has 0 saturated heterocycles. The van der Waals surface area contributed by atoms with Gasteiger partial charge in [0.25, 0.3) is 0 Å². The van der Waals surface area contributed by atoms with Crippen LogP contribution in [0.25, 0.3) is 0 Å². The molecular weight excluding hydrogens is 269 g/mol. The highest BCUT2D eigenvalue weighted by atomic mass is 19.4. The topological polar surface area (TPSA) is 45.0 Å². The van der Waals surface area contributed by atoms with Crippen LogP contribution < -0.4 is 5.32 Å². The summed E-state index contributed by atoms with van der Waals surface area (Å²) in [6.07, 6.45) is -2.86. The van der Waals surface area contributed by atoms with Crippen LogP contribution in [-0.2, 0) is 10.9 Å². The van der Waals surface area contributed by atoms with E-state index >= 15 is 0 Å². The lowest BCUT2D eigenvalue weighted by Gasteiger charge is -2.19. The molecule has 0 heterocycles. The minimum Gasteiger partial charge on any atom is -0.383 e. The Morgan fingerprint density at radius 3 is 2.60 bits per heavy atom. The van der Waals surface area contributed by atoms with Gasteiger partial charge in [-0.05, 0) is 24.6 Å². The Bertz CT molecular complexity index is 474. The Morgan fingerprint density at radius 2 is 2.10 bits per heavy atom. The second-order valence-electron chi connectivity index (χ2n) is 4.46. The molecule has 1 N–H and O–H groups in total. The highest BCUT2D eigenvalue weighted by Gasteiger charge is 2.33. The van der Waals surface area contributed by atoms with Crippen LogP contribution in [0, 0.1) is 11.3 Å². The van der Waals surface area contributed by atoms with Crippen LogP contribution in [0.2, 0.25) is 0 Å². The minimum atomic E-state index is -4.54. The van der Waals surface area contributed by atoms with Crippen molar-refractivity contribution in [2.45, 2.75) is 32.0 Å². The van der Waals surface area contributed by atoms with E-state index in [9.17, 15) is 13.2 Å². The molecule has 3 nitrogen and oxygen atoms in total. The molecule has 0 aliphatic heterocycles. The molecule has 1 rings (SSSR count). The fourth-order valence-electron chi connectivity index (χ4n) is 1.95. The number of hydrogen-bond acceptors (Lipinski definition) is 3. The van der Waals surface area contributed by atoms with Crippen molar-refractivity contribution in [2.24, 2.45) is 0 Å². The van der Waals surface area contributed by atoms with Gasteiger partial charge in [0.1, 0.15) is 0 Å². The first-order valence-corrected chi connectivity index (χ1v) is 6.29. The summed E-state index contributed by atoms with van der Waals surface area (Å²) in [4.78, 5) is 0. The van der Waals surface area contributed by atoms with E-state index in [1.165, 1.54) is 12.1 Å². The van der Waals surface area contributed by atoms with E-state index in [0.29, 0.717) is 12.3 Å². The molecule has 1 aromatic rings. The summed E-state index contributed by atoms with van der Waals surface area (Å²) in [5.74, 6) is 0. The summed E-state index contributed by atoms with van der Waals surface area (Å²) in [5.41, 5.74) is -0.952. The maximum atomic E-state index is 12.8. The van der Waals surface area contributed by atoms with Gasteiger partial charge in [0.05, 0.1) is 23.8 Å². The summed E-state index contributed by atoms with van der Waals surface area (Å²) < 4.78 is 43.6. The standard InChI is InChI=1S/C14H17F3N2O/c1-3-4-12(9-20-2)19-11-6-5-10(8-18)13(7-11)14(15,16)17/h5-7,12,19H,3-4,9H2,1-2H3. The van der Waals surface area contributed by atoms with Gasteiger partial charge in [-0.25, -0.2) is 0 Å². The molecule has 0 bridgehead atoms. The van der Waals surface area contributed by atoms with Crippen molar-refractivity contribution in [3.63, 3.8) is 0 Å². The number of nitriles is 1. The number of nitrogens with zero attached hydrogens (tertiary/aromatic N) is 1. The molecule has 1 unspecified atom stereocenters. The van der Waals surface area contributed by atoms with Gasteiger partial charge in [-0.2, -0.15) is 18.4 Å². The van der Waals surface area contributed by atoms with E-state index in [2.05, 4.69) is 5.32 Å². The lowest BCUT2D eigenvalue weighted by molar-refractivity contribution is -0.137. The quantitative estimate of drug-likeness (QED) is 0.865. The first-order valence-electron chi connectivity index (χ1n) is 6.29. The number of alkyl halides is 3. The number of hydrogen-bond donors (Lipinski definition) is 1. The number of methoxy groups -OCH3 is 1. The third-order valence-corrected chi connectivity index (χ3v) is 2.82. The van der Waals surface area contributed by atoms with E-state index in [1.807, 2.05) is 6.92 Å². The van der Waals surface area contributed by atoms with E-state index < -0.39 is 11.7 Å². The Hall–Kier alpha value is -1.74. The molecule has 0 saturated carbocycles. The molecular formula is C14H17F3N2O. The molecule has 0 radical (unpaired) electrons. The number of rotatable bonds is 6. The lowest BCUT2D eigenvalue weighted by Crippen LogP contribution is -2.25. The van der Waals surface area contributed by atoms with Gasteiger partial charge in [0, 0.05) is 18.8 Å². The highest BCUT2D eigenvalue weighted by Crippen LogP contribution is 2.33. The van der Waals surface area contributed by atoms with Crippen molar-refractivity contribution < 1.29 is 17.9 Å². The predicted molar refractivity (Wildman–Crippen MR) is 70.4 cm³/mol. The van der Waals surface area contributed by atoms with Crippen molar-refractivity contribution in [1.82, 2.24) is 0 Å². The fraction of sp³-hybridized carbons (Fsp3) is 0.500. The maximum Gasteiger partial charge on any atom is 0.417 e. The second kappa shape index (κ2) is 7.15. The smallest absolute Gasteiger partial charge is 0.383 e. The second-order valence-corrected chi connectivity index (χ2v) is 4.46. The van der Waals surface area contributed by atoms with Gasteiger partial charge >= 0.3 is 6.18 Å². The molecule has 1 atom stereocenters. The Labute approximate surface area is 116 Å². The van der Waals surface area contributed by atoms with Gasteiger partial charge in [-0.15, -0.1) is 0 Å². The zero-order valence-electron chi connectivity index (χ0n) is 11.4. The van der Waals surface area contributed by atoms with Gasteiger partial charge in [-0.1, -0.05) is 13.3 Å². The van der Waals surface area contributed by atoms with E-state index in [1.54, 1.807) is 13.2 Å². The average molecular weight is 286 g/mol. The molecule has 0 aromatic heterocycles. The van der Waals surface area contributed by atoms with Gasteiger partial charge in [0.15, 0.2) is 0 Å². The monoisotopic (exact) mass is 286 g/mol. The molecule has 0 spiro atoms. The third-order valence-electron chi connectivity index (χ3n) is 2.82. The summed E-state index contributed by atoms with van der Waals surface area (Å²) >= 11 is 0. The summed E-state index contributed by atoms with van der Waals surface area (Å²) in [6.45, 7) is 2.40. The Balaban J connectivity index is 3.00. The zero-order valence-corrected chi connectivity index (χ0v) is 11.4. The number of ether oxygens (including phenoxy) is 1. The molecule has 0 fully saturated rings. The third kappa shape index (κ3) is 4.42. The fourth-order valence-corrected chi connectivity index (χ4v) is 1.95. The van der Waals surface area contributed by atoms with E-state index in [4.69, 9.17) is 10.00 Å². The summed E-state index contributed by atoms with van der Waals surface area (Å²) in [5, 5.41) is 11.7. The van der Waals surface area contributed by atoms with Crippen LogP contribution >= 0.6 is 0 Å². The zero-order chi connectivity index (χ0) is 15.2. The number of halogens is 3. The Morgan fingerprint density at radius 1 is 1.40 bits per heavy atom. The average Bonchev–Trinajstić information content (AvgIpc) is 2.38. The van der Waals surface area contributed by atoms with Gasteiger partial charge in [0.2, 0.25) is 0 Å². The molecule has 0 amide bonds. The number of anilines is 1. The summed E-state index contributed by atoms with van der Waals surface area (Å²) in [7, 11) is 1.55. The van der Waals surface area contributed by atoms with E-state index in [0.717, 1.165) is 18.9 Å². The van der Waals surface area contributed by atoms with Gasteiger partial charge < -0.3 is 10.1 Å². The molecule has 0 aliphatic carbocycles. The minimum absolute atomic E-state index is 0.0565. The molecule has 6 heteroatoms. The maximum absolute atomic E-state index is 12.8. The SMILES string of the molecule is CCCC(COC)Nc1ccc(C#N)c(C(F)(F)F)c1.